The molecule has 0 saturated heterocycles. The molecule has 19 nitrogen and oxygen atoms in total. The molecule has 42 heavy (non-hydrogen) atoms. The summed E-state index contributed by atoms with van der Waals surface area (Å²) in [6.07, 6.45) is -3.67. The molecule has 0 aromatic carbocycles. The summed E-state index contributed by atoms with van der Waals surface area (Å²) in [4.78, 5) is 114. The van der Waals surface area contributed by atoms with Crippen LogP contribution in [0.15, 0.2) is 0 Å². The number of ether oxygens (including phenoxy) is 3. The first-order chi connectivity index (χ1) is 19.6. The van der Waals surface area contributed by atoms with Crippen molar-refractivity contribution in [1.29, 1.82) is 0 Å². The van der Waals surface area contributed by atoms with E-state index in [1.807, 2.05) is 0 Å². The van der Waals surface area contributed by atoms with Gasteiger partial charge in [0, 0.05) is 60.0 Å². The normalized spacial score (nSPS) is 11.0. The number of hydrogen-bond donors (Lipinski definition) is 5. The molecule has 0 radical (unpaired) electrons. The van der Waals surface area contributed by atoms with Crippen molar-refractivity contribution in [3.8, 4) is 0 Å². The highest BCUT2D eigenvalue weighted by Crippen LogP contribution is 2.28. The summed E-state index contributed by atoms with van der Waals surface area (Å²) in [7, 11) is 0. The first-order valence-corrected chi connectivity index (χ1v) is 12.3. The van der Waals surface area contributed by atoms with Gasteiger partial charge in [0.15, 0.2) is 0 Å². The van der Waals surface area contributed by atoms with E-state index in [-0.39, 0.29) is 18.2 Å². The average Bonchev–Trinajstić information content (AvgIpc) is 2.83. The highest BCUT2D eigenvalue weighted by atomic mass is 16.7. The number of carbonyl (C=O) groups excluding carboxylic acids is 7. The molecular weight excluding hydrogens is 572 g/mol. The molecule has 0 bridgehead atoms. The summed E-state index contributed by atoms with van der Waals surface area (Å²) in [6.45, 7) is 2.69. The maximum atomic E-state index is 13.3. The fraction of sp³-hybridized carbons (Fsp3) is 0.609. The van der Waals surface area contributed by atoms with E-state index in [2.05, 4.69) is 24.8 Å². The largest absolute Gasteiger partial charge is 0.481 e. The Morgan fingerprint density at radius 2 is 1.19 bits per heavy atom. The lowest BCUT2D eigenvalue weighted by Crippen LogP contribution is -2.64. The van der Waals surface area contributed by atoms with Gasteiger partial charge in [0.25, 0.3) is 5.54 Å². The van der Waals surface area contributed by atoms with E-state index in [0.717, 1.165) is 20.8 Å². The Balaban J connectivity index is 6.88. The molecule has 0 aliphatic rings. The van der Waals surface area contributed by atoms with Gasteiger partial charge in [0.05, 0.1) is 25.2 Å². The molecule has 0 amide bonds. The van der Waals surface area contributed by atoms with Gasteiger partial charge in [0.2, 0.25) is 0 Å². The van der Waals surface area contributed by atoms with Crippen LogP contribution in [-0.2, 0) is 62.2 Å². The topological polar surface area (TPSA) is 284 Å². The van der Waals surface area contributed by atoms with Crippen LogP contribution in [0.4, 0.5) is 0 Å². The van der Waals surface area contributed by atoms with Crippen LogP contribution in [0.5, 0.6) is 0 Å². The standard InChI is InChI=1S/C23H34N4O15/c1-13(28)39-19(35)12-23(21(37)40-14(2)29,22(38)41-15(3)30)27(9-8-26-7-6-25-5-4-24)42-20(36)16(10-17(31)32)11-18(33)34/h16,25-26H,4-12,24H2,1-3H3,(H,31,32)(H,33,34). The summed E-state index contributed by atoms with van der Waals surface area (Å²) in [5.74, 6) is -16.0. The Morgan fingerprint density at radius 3 is 1.60 bits per heavy atom. The number of hydrogen-bond acceptors (Lipinski definition) is 17. The molecule has 0 aromatic rings. The van der Waals surface area contributed by atoms with Crippen LogP contribution < -0.4 is 16.4 Å². The van der Waals surface area contributed by atoms with Crippen molar-refractivity contribution in [2.75, 3.05) is 39.3 Å². The van der Waals surface area contributed by atoms with Crippen molar-refractivity contribution in [2.45, 2.75) is 45.6 Å². The van der Waals surface area contributed by atoms with E-state index in [4.69, 9.17) is 20.8 Å². The van der Waals surface area contributed by atoms with Crippen molar-refractivity contribution in [3.63, 3.8) is 0 Å². The molecule has 0 spiro atoms. The first kappa shape index (κ1) is 37.7. The Morgan fingerprint density at radius 1 is 0.738 bits per heavy atom. The van der Waals surface area contributed by atoms with E-state index in [1.54, 1.807) is 0 Å². The maximum Gasteiger partial charge on any atom is 0.349 e. The highest BCUT2D eigenvalue weighted by molar-refractivity contribution is 6.12. The zero-order chi connectivity index (χ0) is 32.5. The Labute approximate surface area is 238 Å². The third-order valence-electron chi connectivity index (χ3n) is 4.90. The van der Waals surface area contributed by atoms with E-state index in [9.17, 15) is 43.2 Å². The van der Waals surface area contributed by atoms with E-state index in [1.165, 1.54) is 0 Å². The van der Waals surface area contributed by atoms with Crippen LogP contribution in [0.25, 0.3) is 0 Å². The molecule has 0 saturated carbocycles. The van der Waals surface area contributed by atoms with Gasteiger partial charge in [0.1, 0.15) is 0 Å². The minimum atomic E-state index is -3.32. The van der Waals surface area contributed by atoms with Crippen LogP contribution in [0.2, 0.25) is 0 Å². The number of esters is 6. The second kappa shape index (κ2) is 18.9. The lowest BCUT2D eigenvalue weighted by molar-refractivity contribution is -0.238. The molecule has 0 aliphatic carbocycles. The number of nitrogens with two attached hydrogens (primary N) is 1. The number of carbonyl (C=O) groups is 9. The van der Waals surface area contributed by atoms with Crippen molar-refractivity contribution < 1.29 is 72.4 Å². The van der Waals surface area contributed by atoms with E-state index in [0.29, 0.717) is 19.6 Å². The lowest BCUT2D eigenvalue weighted by atomic mass is 9.94. The number of hydroxylamine groups is 2. The maximum absolute atomic E-state index is 13.3. The molecule has 0 aliphatic heterocycles. The Hall–Kier alpha value is -4.33. The molecule has 19 heteroatoms. The fourth-order valence-corrected chi connectivity index (χ4v) is 3.22. The summed E-state index contributed by atoms with van der Waals surface area (Å²) in [5.41, 5.74) is 2.05. The summed E-state index contributed by atoms with van der Waals surface area (Å²) in [6, 6.07) is 0. The first-order valence-electron chi connectivity index (χ1n) is 12.3. The molecule has 0 rings (SSSR count). The summed E-state index contributed by atoms with van der Waals surface area (Å²) < 4.78 is 13.4. The van der Waals surface area contributed by atoms with Gasteiger partial charge < -0.3 is 45.6 Å². The third-order valence-corrected chi connectivity index (χ3v) is 4.90. The SMILES string of the molecule is CC(=O)OC(=O)CC(C(=O)OC(C)=O)(C(=O)OC(C)=O)N(CCNCCNCCN)OC(=O)C(CC(=O)O)CC(=O)O. The lowest BCUT2D eigenvalue weighted by Gasteiger charge is -2.37. The zero-order valence-electron chi connectivity index (χ0n) is 23.2. The van der Waals surface area contributed by atoms with E-state index < -0.39 is 91.0 Å². The molecule has 0 unspecified atom stereocenters. The minimum absolute atomic E-state index is 0.171. The number of aliphatic carboxylic acids is 2. The quantitative estimate of drug-likeness (QED) is 0.0319. The van der Waals surface area contributed by atoms with Crippen LogP contribution in [0.1, 0.15) is 40.0 Å². The second-order valence-electron chi connectivity index (χ2n) is 8.46. The molecule has 236 valence electrons. The van der Waals surface area contributed by atoms with Crippen molar-refractivity contribution in [1.82, 2.24) is 15.7 Å². The average molecular weight is 607 g/mol. The minimum Gasteiger partial charge on any atom is -0.481 e. The van der Waals surface area contributed by atoms with Gasteiger partial charge in [-0.05, 0) is 0 Å². The second-order valence-corrected chi connectivity index (χ2v) is 8.46. The smallest absolute Gasteiger partial charge is 0.349 e. The number of carboxylic acid groups (broad SMARTS) is 2. The van der Waals surface area contributed by atoms with Gasteiger partial charge in [-0.25, -0.2) is 9.59 Å². The number of carboxylic acids is 2. The summed E-state index contributed by atoms with van der Waals surface area (Å²) >= 11 is 0. The van der Waals surface area contributed by atoms with Gasteiger partial charge >= 0.3 is 53.7 Å². The highest BCUT2D eigenvalue weighted by Gasteiger charge is 2.59. The molecule has 6 N–H and O–H groups in total. The molecule has 0 fully saturated rings. The van der Waals surface area contributed by atoms with Crippen LogP contribution >= 0.6 is 0 Å². The predicted molar refractivity (Wildman–Crippen MR) is 133 cm³/mol. The fourth-order valence-electron chi connectivity index (χ4n) is 3.22. The number of nitrogens with one attached hydrogen (secondary N) is 2. The monoisotopic (exact) mass is 606 g/mol. The zero-order valence-corrected chi connectivity index (χ0v) is 23.2. The van der Waals surface area contributed by atoms with Crippen molar-refractivity contribution in [3.05, 3.63) is 0 Å². The summed E-state index contributed by atoms with van der Waals surface area (Å²) in [5, 5.41) is 24.2. The van der Waals surface area contributed by atoms with E-state index >= 15 is 0 Å². The van der Waals surface area contributed by atoms with Gasteiger partial charge in [-0.3, -0.25) is 33.6 Å². The van der Waals surface area contributed by atoms with Crippen LogP contribution in [0, 0.1) is 5.92 Å². The molecule has 0 aromatic heterocycles. The number of nitrogens with zero attached hydrogens (tertiary/aromatic N) is 1. The Bertz CT molecular complexity index is 1000. The predicted octanol–water partition coefficient (Wildman–Crippen LogP) is -3.15. The third kappa shape index (κ3) is 13.8. The van der Waals surface area contributed by atoms with Crippen LogP contribution in [-0.4, -0.2) is 114 Å². The number of rotatable bonds is 19. The molecule has 0 heterocycles. The van der Waals surface area contributed by atoms with Crippen LogP contribution in [0.3, 0.4) is 0 Å². The van der Waals surface area contributed by atoms with Gasteiger partial charge in [-0.1, -0.05) is 0 Å². The van der Waals surface area contributed by atoms with Crippen molar-refractivity contribution >= 4 is 53.7 Å². The van der Waals surface area contributed by atoms with Crippen molar-refractivity contribution in [2.24, 2.45) is 11.7 Å². The Kier molecular flexibility index (Phi) is 17.0. The van der Waals surface area contributed by atoms with Gasteiger partial charge in [-0.15, -0.1) is 5.06 Å². The molecule has 0 atom stereocenters. The van der Waals surface area contributed by atoms with Gasteiger partial charge in [-0.2, -0.15) is 0 Å². The molecular formula is C23H34N4O15.